The quantitative estimate of drug-likeness (QED) is 0.200. The van der Waals surface area contributed by atoms with Gasteiger partial charge in [-0.3, -0.25) is 0 Å². The van der Waals surface area contributed by atoms with Crippen molar-refractivity contribution in [2.75, 3.05) is 6.61 Å². The minimum Gasteiger partial charge on any atom is -0.450 e. The molecule has 0 aromatic carbocycles. The van der Waals surface area contributed by atoms with Crippen molar-refractivity contribution in [3.05, 3.63) is 23.3 Å². The average Bonchev–Trinajstić information content (AvgIpc) is 3.48. The molecule has 4 aliphatic carbocycles. The maximum absolute atomic E-state index is 13.1. The van der Waals surface area contributed by atoms with E-state index in [1.807, 2.05) is 19.9 Å². The van der Waals surface area contributed by atoms with E-state index in [9.17, 15) is 25.2 Å². The van der Waals surface area contributed by atoms with E-state index in [0.29, 0.717) is 17.8 Å². The molecule has 0 aromatic heterocycles. The summed E-state index contributed by atoms with van der Waals surface area (Å²) < 4.78 is 18.0. The van der Waals surface area contributed by atoms with Gasteiger partial charge in [0.25, 0.3) is 0 Å². The lowest BCUT2D eigenvalue weighted by atomic mass is 9.35. The monoisotopic (exact) mass is 616 g/mol. The zero-order valence-electron chi connectivity index (χ0n) is 27.8. The fraction of sp³-hybridized carbons (Fsp3) is 0.861. The zero-order valence-corrected chi connectivity index (χ0v) is 27.8. The van der Waals surface area contributed by atoms with Crippen molar-refractivity contribution in [3.63, 3.8) is 0 Å². The van der Waals surface area contributed by atoms with Gasteiger partial charge in [-0.05, 0) is 123 Å². The summed E-state index contributed by atoms with van der Waals surface area (Å²) >= 11 is 0. The molecule has 0 aromatic rings. The first-order valence-electron chi connectivity index (χ1n) is 17.1. The number of carbonyl (C=O) groups is 1. The number of cyclic esters (lactones) is 1. The van der Waals surface area contributed by atoms with Crippen LogP contribution in [0.2, 0.25) is 0 Å². The van der Waals surface area contributed by atoms with Crippen LogP contribution in [0.5, 0.6) is 0 Å². The first-order valence-corrected chi connectivity index (χ1v) is 17.1. The van der Waals surface area contributed by atoms with E-state index in [-0.39, 0.29) is 45.8 Å². The molecule has 0 amide bonds. The number of aliphatic hydroxyl groups is 4. The lowest BCUT2D eigenvalue weighted by Gasteiger charge is -2.70. The summed E-state index contributed by atoms with van der Waals surface area (Å²) in [6.07, 6.45) is 5.93. The second-order valence-electron chi connectivity index (χ2n) is 16.7. The number of fused-ring (bicyclic) bond motifs is 5. The van der Waals surface area contributed by atoms with Crippen LogP contribution in [0.15, 0.2) is 23.3 Å². The van der Waals surface area contributed by atoms with Crippen molar-refractivity contribution in [3.8, 4) is 0 Å². The molecular formula is C36H56O8. The van der Waals surface area contributed by atoms with Gasteiger partial charge in [0.15, 0.2) is 6.29 Å². The van der Waals surface area contributed by atoms with Crippen LogP contribution in [0.25, 0.3) is 0 Å². The zero-order chi connectivity index (χ0) is 32.0. The molecule has 14 atom stereocenters. The normalized spacial score (nSPS) is 51.5. The van der Waals surface area contributed by atoms with E-state index < -0.39 is 37.3 Å². The van der Waals surface area contributed by atoms with Gasteiger partial charge in [0.05, 0.1) is 12.7 Å². The van der Waals surface area contributed by atoms with Crippen molar-refractivity contribution in [1.29, 1.82) is 0 Å². The van der Waals surface area contributed by atoms with Crippen LogP contribution in [-0.4, -0.2) is 75.9 Å². The largest absolute Gasteiger partial charge is 0.450 e. The lowest BCUT2D eigenvalue weighted by molar-refractivity contribution is -0.331. The Bertz CT molecular complexity index is 1190. The Kier molecular flexibility index (Phi) is 8.28. The van der Waals surface area contributed by atoms with Crippen LogP contribution in [0.1, 0.15) is 99.8 Å². The average molecular weight is 617 g/mol. The third-order valence-electron chi connectivity index (χ3n) is 14.2. The number of ether oxygens (including phenoxy) is 3. The highest BCUT2D eigenvalue weighted by atomic mass is 16.7. The summed E-state index contributed by atoms with van der Waals surface area (Å²) in [5, 5.41) is 41.0. The molecule has 6 aliphatic rings. The van der Waals surface area contributed by atoms with Gasteiger partial charge in [-0.25, -0.2) is 4.79 Å². The molecule has 0 bridgehead atoms. The molecular weight excluding hydrogens is 560 g/mol. The smallest absolute Gasteiger partial charge is 0.335 e. The Hall–Kier alpha value is -1.29. The molecule has 44 heavy (non-hydrogen) atoms. The second-order valence-corrected chi connectivity index (χ2v) is 16.7. The fourth-order valence-electron chi connectivity index (χ4n) is 11.8. The predicted octanol–water partition coefficient (Wildman–Crippen LogP) is 4.67. The van der Waals surface area contributed by atoms with E-state index in [0.717, 1.165) is 62.5 Å². The molecule has 8 heteroatoms. The van der Waals surface area contributed by atoms with Crippen LogP contribution in [-0.2, 0) is 19.0 Å². The van der Waals surface area contributed by atoms with Gasteiger partial charge >= 0.3 is 5.97 Å². The molecule has 248 valence electrons. The van der Waals surface area contributed by atoms with Crippen molar-refractivity contribution in [1.82, 2.24) is 0 Å². The third kappa shape index (κ3) is 4.71. The molecule has 0 unspecified atom stereocenters. The number of carbonyl (C=O) groups excluding carboxylic acids is 1. The Morgan fingerprint density at radius 3 is 2.30 bits per heavy atom. The molecule has 0 radical (unpaired) electrons. The molecule has 5 fully saturated rings. The summed E-state index contributed by atoms with van der Waals surface area (Å²) in [5.41, 5.74) is 2.30. The Balaban J connectivity index is 1.22. The first-order chi connectivity index (χ1) is 20.6. The molecule has 8 nitrogen and oxygen atoms in total. The SMILES string of the molecule is CC(C)=C[C@H]1C=C([C@H]2CC[C@]3(C)[C@@H]2CC[C@@H]2[C@@]4(C)CC[C@H](O[C@@H]5O[C@H](CO)[C@@H](O)[C@H](O)[C@H]5O)C(C)(C)[C@@H]4CC[C@]23C)C(=O)O1. The maximum Gasteiger partial charge on any atom is 0.335 e. The molecule has 4 N–H and O–H groups in total. The van der Waals surface area contributed by atoms with Gasteiger partial charge in [-0.1, -0.05) is 40.2 Å². The van der Waals surface area contributed by atoms with E-state index in [2.05, 4.69) is 40.7 Å². The fourth-order valence-corrected chi connectivity index (χ4v) is 11.8. The Labute approximate surface area is 263 Å². The topological polar surface area (TPSA) is 126 Å². The maximum atomic E-state index is 13.1. The van der Waals surface area contributed by atoms with Gasteiger partial charge in [-0.15, -0.1) is 0 Å². The number of aliphatic hydroxyl groups excluding tert-OH is 4. The molecule has 6 rings (SSSR count). The van der Waals surface area contributed by atoms with E-state index in [1.165, 1.54) is 0 Å². The second kappa shape index (κ2) is 11.2. The summed E-state index contributed by atoms with van der Waals surface area (Å²) in [7, 11) is 0. The summed E-state index contributed by atoms with van der Waals surface area (Å²) in [5.74, 6) is 1.59. The Morgan fingerprint density at radius 2 is 1.61 bits per heavy atom. The number of rotatable bonds is 5. The van der Waals surface area contributed by atoms with Crippen molar-refractivity contribution in [2.24, 2.45) is 45.3 Å². The van der Waals surface area contributed by atoms with E-state index >= 15 is 0 Å². The molecule has 0 spiro atoms. The lowest BCUT2D eigenvalue weighted by Crippen LogP contribution is -2.65. The van der Waals surface area contributed by atoms with Crippen LogP contribution in [0.4, 0.5) is 0 Å². The third-order valence-corrected chi connectivity index (χ3v) is 14.2. The number of hydrogen-bond donors (Lipinski definition) is 4. The standard InChI is InChI=1S/C36H56O8/c1-19(2)16-20-17-22(31(41)42-20)21-10-14-35(6)23(21)8-9-26-34(5)13-12-27(33(3,4)25(34)11-15-36(26,35)7)44-32-30(40)29(39)28(38)24(18-37)43-32/h16-17,20-21,23-30,32,37-40H,8-15,18H2,1-7H3/t20-,21+,23+,24+,25-,26+,27-,28+,29-,30+,32-,34-,35+,36+/m0/s1. The van der Waals surface area contributed by atoms with Crippen molar-refractivity contribution >= 4 is 5.97 Å². The molecule has 2 aliphatic heterocycles. The summed E-state index contributed by atoms with van der Waals surface area (Å²) in [4.78, 5) is 13.1. The highest BCUT2D eigenvalue weighted by Crippen LogP contribution is 2.75. The molecule has 1 saturated heterocycles. The summed E-state index contributed by atoms with van der Waals surface area (Å²) in [6, 6.07) is 0. The molecule has 4 saturated carbocycles. The van der Waals surface area contributed by atoms with Crippen LogP contribution in [0, 0.1) is 45.3 Å². The predicted molar refractivity (Wildman–Crippen MR) is 165 cm³/mol. The van der Waals surface area contributed by atoms with Crippen LogP contribution < -0.4 is 0 Å². The van der Waals surface area contributed by atoms with E-state index in [4.69, 9.17) is 14.2 Å². The van der Waals surface area contributed by atoms with Gasteiger partial charge in [-0.2, -0.15) is 0 Å². The van der Waals surface area contributed by atoms with Crippen LogP contribution >= 0.6 is 0 Å². The van der Waals surface area contributed by atoms with Crippen molar-refractivity contribution < 1.29 is 39.4 Å². The minimum absolute atomic E-state index is 0.121. The number of esters is 1. The highest BCUT2D eigenvalue weighted by molar-refractivity contribution is 5.92. The number of allylic oxidation sites excluding steroid dienone is 1. The van der Waals surface area contributed by atoms with Crippen LogP contribution in [0.3, 0.4) is 0 Å². The minimum atomic E-state index is -1.44. The highest BCUT2D eigenvalue weighted by Gasteiger charge is 2.69. The van der Waals surface area contributed by atoms with E-state index in [1.54, 1.807) is 0 Å². The van der Waals surface area contributed by atoms with Crippen molar-refractivity contribution in [2.45, 2.75) is 143 Å². The first kappa shape index (κ1) is 32.6. The van der Waals surface area contributed by atoms with Gasteiger partial charge < -0.3 is 34.6 Å². The number of hydrogen-bond acceptors (Lipinski definition) is 8. The van der Waals surface area contributed by atoms with Gasteiger partial charge in [0, 0.05) is 5.57 Å². The summed E-state index contributed by atoms with van der Waals surface area (Å²) in [6.45, 7) is 15.8. The van der Waals surface area contributed by atoms with Gasteiger partial charge in [0.2, 0.25) is 0 Å². The van der Waals surface area contributed by atoms with Gasteiger partial charge in [0.1, 0.15) is 30.5 Å². The molecule has 2 heterocycles. The Morgan fingerprint density at radius 1 is 0.909 bits per heavy atom.